The molecule has 0 aliphatic carbocycles. The molecule has 1 N–H and O–H groups in total. The highest BCUT2D eigenvalue weighted by Gasteiger charge is 2.57. The lowest BCUT2D eigenvalue weighted by molar-refractivity contribution is -0.124. The van der Waals surface area contributed by atoms with Gasteiger partial charge in [-0.05, 0) is 47.4 Å². The predicted octanol–water partition coefficient (Wildman–Crippen LogP) is 4.90. The monoisotopic (exact) mass is 415 g/mol. The Balaban J connectivity index is 1.66. The lowest BCUT2D eigenvalue weighted by atomic mass is 9.74. The topological polar surface area (TPSA) is 35.6 Å². The Labute approximate surface area is 186 Å². The number of nitrogens with one attached hydrogen (secondary N) is 1. The van der Waals surface area contributed by atoms with E-state index in [0.717, 1.165) is 18.5 Å². The van der Waals surface area contributed by atoms with Crippen molar-refractivity contribution in [3.8, 4) is 0 Å². The van der Waals surface area contributed by atoms with Crippen molar-refractivity contribution in [3.05, 3.63) is 77.4 Å². The molecule has 0 radical (unpaired) electrons. The Kier molecular flexibility index (Phi) is 5.42. The van der Waals surface area contributed by atoms with Crippen molar-refractivity contribution in [1.29, 1.82) is 0 Å². The second-order valence-electron chi connectivity index (χ2n) is 9.25. The normalized spacial score (nSPS) is 22.0. The van der Waals surface area contributed by atoms with Gasteiger partial charge in [0.1, 0.15) is 5.66 Å². The van der Waals surface area contributed by atoms with Crippen LogP contribution in [0.5, 0.6) is 0 Å². The molecule has 4 nitrogen and oxygen atoms in total. The van der Waals surface area contributed by atoms with Crippen LogP contribution in [0.15, 0.2) is 60.7 Å². The lowest BCUT2D eigenvalue weighted by Gasteiger charge is -2.49. The van der Waals surface area contributed by atoms with E-state index in [-0.39, 0.29) is 11.3 Å². The summed E-state index contributed by atoms with van der Waals surface area (Å²) >= 11 is 0. The Morgan fingerprint density at radius 2 is 1.84 bits per heavy atom. The molecule has 2 aliphatic rings. The zero-order valence-corrected chi connectivity index (χ0v) is 19.3. The van der Waals surface area contributed by atoms with Gasteiger partial charge in [0.25, 0.3) is 0 Å². The van der Waals surface area contributed by atoms with Crippen LogP contribution in [-0.2, 0) is 16.6 Å². The standard InChI is InChI=1S/C27H33N3O/c1-6-20-12-15-24-23(19-20)26(2,3)27(28-25(31)16-18-30(24)27)17-8-7-9-21-10-13-22(14-11-21)29(4)5/h7-15,17,19H,6,16,18H2,1-5H3,(H,28,31). The number of benzene rings is 2. The molecular weight excluding hydrogens is 382 g/mol. The van der Waals surface area contributed by atoms with E-state index < -0.39 is 5.66 Å². The molecule has 1 atom stereocenters. The number of anilines is 2. The molecule has 0 saturated carbocycles. The molecule has 162 valence electrons. The van der Waals surface area contributed by atoms with Crippen molar-refractivity contribution in [2.45, 2.75) is 44.7 Å². The van der Waals surface area contributed by atoms with Crippen LogP contribution in [0.1, 0.15) is 43.9 Å². The summed E-state index contributed by atoms with van der Waals surface area (Å²) in [6.45, 7) is 7.40. The molecule has 1 amide bonds. The third kappa shape index (κ3) is 3.54. The summed E-state index contributed by atoms with van der Waals surface area (Å²) in [6.07, 6.45) is 9.94. The van der Waals surface area contributed by atoms with Gasteiger partial charge in [0.05, 0.1) is 0 Å². The number of allylic oxidation sites excluding steroid dienone is 2. The van der Waals surface area contributed by atoms with E-state index in [1.54, 1.807) is 0 Å². The maximum atomic E-state index is 12.5. The van der Waals surface area contributed by atoms with Crippen molar-refractivity contribution < 1.29 is 4.79 Å². The van der Waals surface area contributed by atoms with Crippen molar-refractivity contribution >= 4 is 23.4 Å². The third-order valence-electron chi connectivity index (χ3n) is 6.85. The van der Waals surface area contributed by atoms with E-state index in [4.69, 9.17) is 0 Å². The molecule has 4 heteroatoms. The van der Waals surface area contributed by atoms with E-state index in [2.05, 4.69) is 103 Å². The smallest absolute Gasteiger partial charge is 0.223 e. The number of nitrogens with zero attached hydrogens (tertiary/aromatic N) is 2. The van der Waals surface area contributed by atoms with Crippen LogP contribution in [0.3, 0.4) is 0 Å². The first-order valence-corrected chi connectivity index (χ1v) is 11.1. The maximum absolute atomic E-state index is 12.5. The van der Waals surface area contributed by atoms with Crippen LogP contribution >= 0.6 is 0 Å². The van der Waals surface area contributed by atoms with Crippen molar-refractivity contribution in [3.63, 3.8) is 0 Å². The molecule has 0 bridgehead atoms. The average Bonchev–Trinajstić information content (AvgIpc) is 2.94. The van der Waals surface area contributed by atoms with Gasteiger partial charge in [0, 0.05) is 43.9 Å². The predicted molar refractivity (Wildman–Crippen MR) is 131 cm³/mol. The summed E-state index contributed by atoms with van der Waals surface area (Å²) in [5, 5.41) is 3.35. The first-order chi connectivity index (χ1) is 14.8. The number of carbonyl (C=O) groups excluding carboxylic acids is 1. The zero-order chi connectivity index (χ0) is 22.2. The van der Waals surface area contributed by atoms with Crippen LogP contribution in [0.2, 0.25) is 0 Å². The van der Waals surface area contributed by atoms with E-state index in [1.807, 2.05) is 14.1 Å². The number of carbonyl (C=O) groups is 1. The number of aryl methyl sites for hydroxylation is 1. The molecule has 1 fully saturated rings. The van der Waals surface area contributed by atoms with E-state index in [1.165, 1.54) is 22.5 Å². The van der Waals surface area contributed by atoms with Crippen LogP contribution < -0.4 is 15.1 Å². The molecule has 2 aliphatic heterocycles. The Morgan fingerprint density at radius 1 is 1.10 bits per heavy atom. The second kappa shape index (κ2) is 7.92. The second-order valence-corrected chi connectivity index (χ2v) is 9.25. The van der Waals surface area contributed by atoms with Gasteiger partial charge in [-0.25, -0.2) is 0 Å². The number of hydrogen-bond acceptors (Lipinski definition) is 3. The fourth-order valence-electron chi connectivity index (χ4n) is 4.87. The summed E-state index contributed by atoms with van der Waals surface area (Å²) in [7, 11) is 4.09. The Morgan fingerprint density at radius 3 is 2.52 bits per heavy atom. The van der Waals surface area contributed by atoms with Crippen LogP contribution in [0.4, 0.5) is 11.4 Å². The fourth-order valence-corrected chi connectivity index (χ4v) is 4.87. The van der Waals surface area contributed by atoms with Gasteiger partial charge in [0.15, 0.2) is 0 Å². The highest BCUT2D eigenvalue weighted by molar-refractivity contribution is 5.84. The first-order valence-electron chi connectivity index (χ1n) is 11.1. The van der Waals surface area contributed by atoms with Gasteiger partial charge in [0.2, 0.25) is 5.91 Å². The number of rotatable bonds is 5. The third-order valence-corrected chi connectivity index (χ3v) is 6.85. The van der Waals surface area contributed by atoms with Gasteiger partial charge >= 0.3 is 0 Å². The molecule has 2 aromatic carbocycles. The fraction of sp³-hybridized carbons (Fsp3) is 0.370. The summed E-state index contributed by atoms with van der Waals surface area (Å²) in [5.41, 5.74) is 5.40. The quantitative estimate of drug-likeness (QED) is 0.706. The van der Waals surface area contributed by atoms with Crippen molar-refractivity contribution in [1.82, 2.24) is 5.32 Å². The highest BCUT2D eigenvalue weighted by Crippen LogP contribution is 2.52. The molecule has 1 saturated heterocycles. The molecule has 1 unspecified atom stereocenters. The summed E-state index contributed by atoms with van der Waals surface area (Å²) in [6, 6.07) is 15.2. The molecule has 4 rings (SSSR count). The summed E-state index contributed by atoms with van der Waals surface area (Å²) in [4.78, 5) is 17.0. The molecular formula is C27H33N3O. The Hall–Kier alpha value is -3.01. The van der Waals surface area contributed by atoms with Crippen LogP contribution in [0, 0.1) is 0 Å². The minimum Gasteiger partial charge on any atom is -0.378 e. The summed E-state index contributed by atoms with van der Waals surface area (Å²) < 4.78 is 0. The Bertz CT molecular complexity index is 1030. The van der Waals surface area contributed by atoms with Gasteiger partial charge in [-0.2, -0.15) is 0 Å². The molecule has 0 spiro atoms. The van der Waals surface area contributed by atoms with E-state index >= 15 is 0 Å². The molecule has 2 heterocycles. The summed E-state index contributed by atoms with van der Waals surface area (Å²) in [5.74, 6) is 0.112. The number of hydrogen-bond donors (Lipinski definition) is 1. The minimum absolute atomic E-state index is 0.112. The number of fused-ring (bicyclic) bond motifs is 3. The van der Waals surface area contributed by atoms with E-state index in [9.17, 15) is 4.79 Å². The lowest BCUT2D eigenvalue weighted by Crippen LogP contribution is -2.68. The minimum atomic E-state index is -0.559. The van der Waals surface area contributed by atoms with Crippen molar-refractivity contribution in [2.75, 3.05) is 30.4 Å². The van der Waals surface area contributed by atoms with Crippen LogP contribution in [0.25, 0.3) is 6.08 Å². The van der Waals surface area contributed by atoms with Gasteiger partial charge in [-0.15, -0.1) is 0 Å². The van der Waals surface area contributed by atoms with Crippen LogP contribution in [-0.4, -0.2) is 32.2 Å². The molecule has 2 aromatic rings. The van der Waals surface area contributed by atoms with Gasteiger partial charge in [-0.1, -0.05) is 63.3 Å². The maximum Gasteiger partial charge on any atom is 0.223 e. The molecule has 31 heavy (non-hydrogen) atoms. The SMILES string of the molecule is CCc1ccc2c(c1)C(C)(C)C1(C=CC=Cc3ccc(N(C)C)cc3)NC(=O)CCN21. The average molecular weight is 416 g/mol. The first kappa shape index (κ1) is 21.2. The highest BCUT2D eigenvalue weighted by atomic mass is 16.2. The van der Waals surface area contributed by atoms with Gasteiger partial charge < -0.3 is 15.1 Å². The van der Waals surface area contributed by atoms with Crippen molar-refractivity contribution in [2.24, 2.45) is 0 Å². The van der Waals surface area contributed by atoms with E-state index in [0.29, 0.717) is 6.42 Å². The zero-order valence-electron chi connectivity index (χ0n) is 19.3. The largest absolute Gasteiger partial charge is 0.378 e. The number of amides is 1. The van der Waals surface area contributed by atoms with Gasteiger partial charge in [-0.3, -0.25) is 4.79 Å². The molecule has 0 aromatic heterocycles.